The maximum atomic E-state index is 6.18. The molecule has 102 valence electrons. The summed E-state index contributed by atoms with van der Waals surface area (Å²) in [5.74, 6) is 0. The molecule has 0 saturated carbocycles. The number of hydrogen-bond donors (Lipinski definition) is 1. The molecule has 1 atom stereocenters. The van der Waals surface area contributed by atoms with Gasteiger partial charge in [-0.25, -0.2) is 0 Å². The van der Waals surface area contributed by atoms with Crippen LogP contribution in [0.15, 0.2) is 30.5 Å². The highest BCUT2D eigenvalue weighted by atomic mass is 35.5. The third-order valence-electron chi connectivity index (χ3n) is 3.03. The third kappa shape index (κ3) is 3.96. The van der Waals surface area contributed by atoms with E-state index in [2.05, 4.69) is 17.3 Å². The molecule has 2 aromatic rings. The number of halogens is 2. The van der Waals surface area contributed by atoms with Gasteiger partial charge in [0.15, 0.2) is 0 Å². The normalized spacial score (nSPS) is 12.6. The van der Waals surface area contributed by atoms with Crippen LogP contribution in [0, 0.1) is 0 Å². The Hall–Kier alpha value is -1.03. The summed E-state index contributed by atoms with van der Waals surface area (Å²) in [5.41, 5.74) is 2.15. The smallest absolute Gasteiger partial charge is 0.0637 e. The average Bonchev–Trinajstić information content (AvgIpc) is 2.75. The van der Waals surface area contributed by atoms with Gasteiger partial charge in [0.25, 0.3) is 0 Å². The first kappa shape index (κ1) is 14.4. The van der Waals surface area contributed by atoms with Crippen molar-refractivity contribution in [3.63, 3.8) is 0 Å². The van der Waals surface area contributed by atoms with Gasteiger partial charge >= 0.3 is 0 Å². The summed E-state index contributed by atoms with van der Waals surface area (Å²) in [6.07, 6.45) is 2.85. The molecule has 5 heteroatoms. The van der Waals surface area contributed by atoms with Crippen LogP contribution >= 0.6 is 23.2 Å². The fourth-order valence-corrected chi connectivity index (χ4v) is 2.55. The fraction of sp³-hybridized carbons (Fsp3) is 0.357. The lowest BCUT2D eigenvalue weighted by atomic mass is 10.1. The molecule has 0 aliphatic carbocycles. The van der Waals surface area contributed by atoms with Crippen molar-refractivity contribution < 1.29 is 0 Å². The van der Waals surface area contributed by atoms with Crippen molar-refractivity contribution in [2.45, 2.75) is 19.4 Å². The van der Waals surface area contributed by atoms with Crippen LogP contribution in [0.1, 0.15) is 24.2 Å². The molecule has 0 aliphatic rings. The number of benzene rings is 1. The topological polar surface area (TPSA) is 29.9 Å². The van der Waals surface area contributed by atoms with Crippen molar-refractivity contribution in [3.8, 4) is 0 Å². The van der Waals surface area contributed by atoms with Gasteiger partial charge in [0.2, 0.25) is 0 Å². The second-order valence-electron chi connectivity index (χ2n) is 4.57. The number of rotatable bonds is 5. The lowest BCUT2D eigenvalue weighted by Gasteiger charge is -2.15. The third-order valence-corrected chi connectivity index (χ3v) is 3.59. The van der Waals surface area contributed by atoms with Gasteiger partial charge < -0.3 is 5.32 Å². The van der Waals surface area contributed by atoms with E-state index in [9.17, 15) is 0 Å². The van der Waals surface area contributed by atoms with E-state index < -0.39 is 0 Å². The largest absolute Gasteiger partial charge is 0.310 e. The van der Waals surface area contributed by atoms with Crippen LogP contribution in [0.3, 0.4) is 0 Å². The molecule has 0 amide bonds. The van der Waals surface area contributed by atoms with Gasteiger partial charge in [-0.05, 0) is 30.7 Å². The minimum atomic E-state index is 0.188. The monoisotopic (exact) mass is 297 g/mol. The zero-order valence-corrected chi connectivity index (χ0v) is 12.5. The summed E-state index contributed by atoms with van der Waals surface area (Å²) in [7, 11) is 1.92. The van der Waals surface area contributed by atoms with Gasteiger partial charge in [-0.1, -0.05) is 29.3 Å². The van der Waals surface area contributed by atoms with Crippen molar-refractivity contribution in [2.24, 2.45) is 7.05 Å². The first-order valence-electron chi connectivity index (χ1n) is 6.23. The van der Waals surface area contributed by atoms with Crippen LogP contribution in [-0.4, -0.2) is 16.3 Å². The molecular formula is C14H17Cl2N3. The molecule has 1 aromatic heterocycles. The predicted octanol–water partition coefficient (Wildman–Crippen LogP) is 3.62. The highest BCUT2D eigenvalue weighted by Crippen LogP contribution is 2.25. The number of hydrogen-bond acceptors (Lipinski definition) is 2. The van der Waals surface area contributed by atoms with Crippen LogP contribution < -0.4 is 5.32 Å². The molecular weight excluding hydrogens is 281 g/mol. The van der Waals surface area contributed by atoms with E-state index in [-0.39, 0.29) is 6.04 Å². The van der Waals surface area contributed by atoms with E-state index >= 15 is 0 Å². The minimum absolute atomic E-state index is 0.188. The van der Waals surface area contributed by atoms with Crippen LogP contribution in [0.25, 0.3) is 0 Å². The zero-order valence-electron chi connectivity index (χ0n) is 11.0. The average molecular weight is 298 g/mol. The van der Waals surface area contributed by atoms with Gasteiger partial charge in [-0.3, -0.25) is 4.68 Å². The highest BCUT2D eigenvalue weighted by Gasteiger charge is 2.09. The maximum Gasteiger partial charge on any atom is 0.0637 e. The molecule has 1 N–H and O–H groups in total. The van der Waals surface area contributed by atoms with Crippen molar-refractivity contribution >= 4 is 23.2 Å². The summed E-state index contributed by atoms with van der Waals surface area (Å²) < 4.78 is 1.81. The summed E-state index contributed by atoms with van der Waals surface area (Å²) in [6, 6.07) is 7.81. The SMILES string of the molecule is CC(NCCc1ccn(C)n1)c1ccc(Cl)cc1Cl. The van der Waals surface area contributed by atoms with Gasteiger partial charge in [0.1, 0.15) is 0 Å². The van der Waals surface area contributed by atoms with Crippen LogP contribution in [0.4, 0.5) is 0 Å². The van der Waals surface area contributed by atoms with Crippen molar-refractivity contribution in [1.29, 1.82) is 0 Å². The van der Waals surface area contributed by atoms with Gasteiger partial charge in [-0.2, -0.15) is 5.10 Å². The Morgan fingerprint density at radius 1 is 1.32 bits per heavy atom. The lowest BCUT2D eigenvalue weighted by molar-refractivity contribution is 0.571. The Morgan fingerprint density at radius 2 is 2.11 bits per heavy atom. The Labute approximate surface area is 123 Å². The van der Waals surface area contributed by atoms with E-state index in [0.717, 1.165) is 24.2 Å². The number of nitrogens with zero attached hydrogens (tertiary/aromatic N) is 2. The summed E-state index contributed by atoms with van der Waals surface area (Å²) >= 11 is 12.1. The van der Waals surface area contributed by atoms with Gasteiger partial charge in [0.05, 0.1) is 5.69 Å². The molecule has 3 nitrogen and oxygen atoms in total. The molecule has 1 unspecified atom stereocenters. The molecule has 1 heterocycles. The zero-order chi connectivity index (χ0) is 13.8. The van der Waals surface area contributed by atoms with Crippen molar-refractivity contribution in [2.75, 3.05) is 6.54 Å². The lowest BCUT2D eigenvalue weighted by Crippen LogP contribution is -2.21. The molecule has 0 aliphatic heterocycles. The predicted molar refractivity (Wildman–Crippen MR) is 79.8 cm³/mol. The van der Waals surface area contributed by atoms with Crippen LogP contribution in [-0.2, 0) is 13.5 Å². The maximum absolute atomic E-state index is 6.18. The van der Waals surface area contributed by atoms with E-state index in [0.29, 0.717) is 10.0 Å². The second-order valence-corrected chi connectivity index (χ2v) is 5.42. The van der Waals surface area contributed by atoms with Crippen molar-refractivity contribution in [3.05, 3.63) is 51.8 Å². The molecule has 0 fully saturated rings. The molecule has 0 radical (unpaired) electrons. The number of aromatic nitrogens is 2. The Bertz CT molecular complexity index is 551. The quantitative estimate of drug-likeness (QED) is 0.913. The summed E-state index contributed by atoms with van der Waals surface area (Å²) in [4.78, 5) is 0. The molecule has 1 aromatic carbocycles. The van der Waals surface area contributed by atoms with Gasteiger partial charge in [0, 0.05) is 42.3 Å². The molecule has 2 rings (SSSR count). The highest BCUT2D eigenvalue weighted by molar-refractivity contribution is 6.35. The molecule has 0 bridgehead atoms. The van der Waals surface area contributed by atoms with Crippen molar-refractivity contribution in [1.82, 2.24) is 15.1 Å². The first-order valence-corrected chi connectivity index (χ1v) is 6.98. The van der Waals surface area contributed by atoms with E-state index in [1.807, 2.05) is 36.1 Å². The Balaban J connectivity index is 1.88. The van der Waals surface area contributed by atoms with Crippen LogP contribution in [0.5, 0.6) is 0 Å². The fourth-order valence-electron chi connectivity index (χ4n) is 1.98. The molecule has 0 saturated heterocycles. The molecule has 19 heavy (non-hydrogen) atoms. The van der Waals surface area contributed by atoms with Gasteiger partial charge in [-0.15, -0.1) is 0 Å². The second kappa shape index (κ2) is 6.42. The Kier molecular flexibility index (Phi) is 4.86. The minimum Gasteiger partial charge on any atom is -0.310 e. The van der Waals surface area contributed by atoms with E-state index in [1.54, 1.807) is 6.07 Å². The first-order chi connectivity index (χ1) is 9.06. The standard InChI is InChI=1S/C14H17Cl2N3/c1-10(13-4-3-11(15)9-14(13)16)17-7-5-12-6-8-19(2)18-12/h3-4,6,8-10,17H,5,7H2,1-2H3. The summed E-state index contributed by atoms with van der Waals surface area (Å²) in [6.45, 7) is 2.95. The van der Waals surface area contributed by atoms with Crippen LogP contribution in [0.2, 0.25) is 10.0 Å². The number of nitrogens with one attached hydrogen (secondary N) is 1. The van der Waals surface area contributed by atoms with E-state index in [1.165, 1.54) is 0 Å². The summed E-state index contributed by atoms with van der Waals surface area (Å²) in [5, 5.41) is 9.14. The molecule has 0 spiro atoms. The van der Waals surface area contributed by atoms with E-state index in [4.69, 9.17) is 23.2 Å². The number of aryl methyl sites for hydroxylation is 1. The Morgan fingerprint density at radius 3 is 2.74 bits per heavy atom.